The van der Waals surface area contributed by atoms with Crippen molar-refractivity contribution in [2.75, 3.05) is 39.3 Å². The van der Waals surface area contributed by atoms with Crippen LogP contribution in [0.3, 0.4) is 0 Å². The molecule has 0 aromatic carbocycles. The molecule has 0 aromatic rings. The number of rotatable bonds is 3. The van der Waals surface area contributed by atoms with Crippen LogP contribution in [0.2, 0.25) is 0 Å². The summed E-state index contributed by atoms with van der Waals surface area (Å²) in [6.07, 6.45) is 4.67. The van der Waals surface area contributed by atoms with Gasteiger partial charge >= 0.3 is 0 Å². The number of hydrogen-bond donors (Lipinski definition) is 0. The molecule has 0 aliphatic carbocycles. The number of carbonyl (C=O) groups is 2. The Labute approximate surface area is 131 Å². The van der Waals surface area contributed by atoms with E-state index in [1.165, 1.54) is 6.42 Å². The third-order valence-corrected chi connectivity index (χ3v) is 5.14. The molecule has 22 heavy (non-hydrogen) atoms. The molecule has 3 heterocycles. The van der Waals surface area contributed by atoms with Gasteiger partial charge in [0, 0.05) is 19.6 Å². The highest BCUT2D eigenvalue weighted by Gasteiger charge is 2.37. The first-order valence-electron chi connectivity index (χ1n) is 8.60. The predicted octanol–water partition coefficient (Wildman–Crippen LogP) is 1.03. The second-order valence-corrected chi connectivity index (χ2v) is 6.74. The first-order chi connectivity index (χ1) is 10.6. The maximum atomic E-state index is 13.3. The van der Waals surface area contributed by atoms with Gasteiger partial charge in [-0.05, 0) is 45.1 Å². The average Bonchev–Trinajstić information content (AvgIpc) is 3.16. The third kappa shape index (κ3) is 3.42. The fourth-order valence-electron chi connectivity index (χ4n) is 3.84. The highest BCUT2D eigenvalue weighted by molar-refractivity contribution is 5.84. The lowest BCUT2D eigenvalue weighted by atomic mass is 10.1. The zero-order valence-corrected chi connectivity index (χ0v) is 13.2. The maximum Gasteiger partial charge on any atom is 0.240 e. The Kier molecular flexibility index (Phi) is 4.96. The van der Waals surface area contributed by atoms with Gasteiger partial charge in [-0.2, -0.15) is 0 Å². The summed E-state index contributed by atoms with van der Waals surface area (Å²) in [5.41, 5.74) is 0. The van der Waals surface area contributed by atoms with Crippen molar-refractivity contribution in [1.29, 1.82) is 0 Å². The monoisotopic (exact) mass is 311 g/mol. The second-order valence-electron chi connectivity index (χ2n) is 6.74. The zero-order chi connectivity index (χ0) is 15.5. The summed E-state index contributed by atoms with van der Waals surface area (Å²) in [5, 5.41) is 0. The molecule has 2 atom stereocenters. The number of halogens is 1. The summed E-state index contributed by atoms with van der Waals surface area (Å²) in [7, 11) is 0. The molecule has 0 N–H and O–H groups in total. The van der Waals surface area contributed by atoms with Gasteiger partial charge in [-0.1, -0.05) is 0 Å². The Morgan fingerprint density at radius 2 is 1.68 bits per heavy atom. The van der Waals surface area contributed by atoms with Crippen LogP contribution in [0.25, 0.3) is 0 Å². The van der Waals surface area contributed by atoms with E-state index in [0.717, 1.165) is 45.3 Å². The quantitative estimate of drug-likeness (QED) is 0.782. The molecule has 5 nitrogen and oxygen atoms in total. The minimum absolute atomic E-state index is 0.0177. The van der Waals surface area contributed by atoms with Crippen LogP contribution < -0.4 is 0 Å². The van der Waals surface area contributed by atoms with Crippen LogP contribution >= 0.6 is 0 Å². The zero-order valence-electron chi connectivity index (χ0n) is 13.2. The van der Waals surface area contributed by atoms with Crippen LogP contribution in [0.4, 0.5) is 4.39 Å². The van der Waals surface area contributed by atoms with Crippen molar-refractivity contribution in [3.8, 4) is 0 Å². The lowest BCUT2D eigenvalue weighted by molar-refractivity contribution is -0.138. The Morgan fingerprint density at radius 3 is 2.36 bits per heavy atom. The number of alkyl halides is 1. The van der Waals surface area contributed by atoms with Gasteiger partial charge in [-0.15, -0.1) is 0 Å². The van der Waals surface area contributed by atoms with Crippen molar-refractivity contribution in [3.63, 3.8) is 0 Å². The normalized spacial score (nSPS) is 30.0. The number of piperidine rings is 1. The van der Waals surface area contributed by atoms with E-state index >= 15 is 0 Å². The van der Waals surface area contributed by atoms with Crippen molar-refractivity contribution in [2.24, 2.45) is 0 Å². The van der Waals surface area contributed by atoms with Gasteiger partial charge in [-0.3, -0.25) is 14.5 Å². The first kappa shape index (κ1) is 15.7. The Morgan fingerprint density at radius 1 is 0.909 bits per heavy atom. The predicted molar refractivity (Wildman–Crippen MR) is 81.1 cm³/mol. The molecular weight excluding hydrogens is 285 g/mol. The molecule has 0 aromatic heterocycles. The van der Waals surface area contributed by atoms with Crippen LogP contribution in [0.5, 0.6) is 0 Å². The first-order valence-corrected chi connectivity index (χ1v) is 8.60. The van der Waals surface area contributed by atoms with Crippen LogP contribution in [-0.2, 0) is 9.59 Å². The smallest absolute Gasteiger partial charge is 0.240 e. The van der Waals surface area contributed by atoms with E-state index in [9.17, 15) is 14.0 Å². The standard InChI is InChI=1S/C16H26FN3O2/c17-13-6-10-20(11-13)16(22)14-5-4-9-19(14)12-15(21)18-7-2-1-3-8-18/h13-14H,1-12H2. The second kappa shape index (κ2) is 6.94. The van der Waals surface area contributed by atoms with Gasteiger partial charge in [0.05, 0.1) is 19.1 Å². The molecule has 3 rings (SSSR count). The fraction of sp³-hybridized carbons (Fsp3) is 0.875. The summed E-state index contributed by atoms with van der Waals surface area (Å²) < 4.78 is 13.3. The summed E-state index contributed by atoms with van der Waals surface area (Å²) in [5.74, 6) is 0.160. The van der Waals surface area contributed by atoms with E-state index in [1.54, 1.807) is 4.90 Å². The maximum absolute atomic E-state index is 13.3. The van der Waals surface area contributed by atoms with Crippen molar-refractivity contribution in [3.05, 3.63) is 0 Å². The number of nitrogens with zero attached hydrogens (tertiary/aromatic N) is 3. The minimum atomic E-state index is -0.881. The molecule has 0 saturated carbocycles. The van der Waals surface area contributed by atoms with Crippen LogP contribution in [-0.4, -0.2) is 78.0 Å². The number of amides is 2. The number of likely N-dealkylation sites (tertiary alicyclic amines) is 3. The van der Waals surface area contributed by atoms with Crippen molar-refractivity contribution < 1.29 is 14.0 Å². The fourth-order valence-corrected chi connectivity index (χ4v) is 3.84. The molecule has 3 aliphatic heterocycles. The molecule has 0 spiro atoms. The summed E-state index contributed by atoms with van der Waals surface area (Å²) in [6.45, 7) is 3.57. The van der Waals surface area contributed by atoms with Gasteiger partial charge in [0.2, 0.25) is 11.8 Å². The molecule has 124 valence electrons. The van der Waals surface area contributed by atoms with E-state index < -0.39 is 6.17 Å². The van der Waals surface area contributed by atoms with Crippen LogP contribution in [0.1, 0.15) is 38.5 Å². The summed E-state index contributed by atoms with van der Waals surface area (Å²) >= 11 is 0. The molecule has 2 unspecified atom stereocenters. The summed E-state index contributed by atoms with van der Waals surface area (Å²) in [6, 6.07) is -0.223. The summed E-state index contributed by atoms with van der Waals surface area (Å²) in [4.78, 5) is 30.5. The van der Waals surface area contributed by atoms with Crippen LogP contribution in [0.15, 0.2) is 0 Å². The molecule has 3 saturated heterocycles. The molecule has 3 aliphatic rings. The van der Waals surface area contributed by atoms with Gasteiger partial charge < -0.3 is 9.80 Å². The molecule has 0 radical (unpaired) electrons. The Balaban J connectivity index is 1.56. The molecule has 2 amide bonds. The lowest BCUT2D eigenvalue weighted by Gasteiger charge is -2.31. The molecular formula is C16H26FN3O2. The molecule has 3 fully saturated rings. The molecule has 6 heteroatoms. The Hall–Kier alpha value is -1.17. The number of carbonyl (C=O) groups excluding carboxylic acids is 2. The Bertz CT molecular complexity index is 426. The SMILES string of the molecule is O=C(CN1CCCC1C(=O)N1CCC(F)C1)N1CCCCC1. The van der Waals surface area contributed by atoms with E-state index in [0.29, 0.717) is 19.5 Å². The van der Waals surface area contributed by atoms with Gasteiger partial charge in [-0.25, -0.2) is 4.39 Å². The third-order valence-electron chi connectivity index (χ3n) is 5.14. The molecule has 0 bridgehead atoms. The van der Waals surface area contributed by atoms with Crippen molar-refractivity contribution >= 4 is 11.8 Å². The van der Waals surface area contributed by atoms with Gasteiger partial charge in [0.15, 0.2) is 0 Å². The van der Waals surface area contributed by atoms with E-state index in [-0.39, 0.29) is 24.4 Å². The highest BCUT2D eigenvalue weighted by atomic mass is 19.1. The van der Waals surface area contributed by atoms with Crippen molar-refractivity contribution in [2.45, 2.75) is 50.7 Å². The average molecular weight is 311 g/mol. The van der Waals surface area contributed by atoms with Gasteiger partial charge in [0.1, 0.15) is 6.17 Å². The van der Waals surface area contributed by atoms with Crippen molar-refractivity contribution in [1.82, 2.24) is 14.7 Å². The van der Waals surface area contributed by atoms with E-state index in [1.807, 2.05) is 9.80 Å². The van der Waals surface area contributed by atoms with Gasteiger partial charge in [0.25, 0.3) is 0 Å². The highest BCUT2D eigenvalue weighted by Crippen LogP contribution is 2.22. The number of hydrogen-bond acceptors (Lipinski definition) is 3. The topological polar surface area (TPSA) is 43.9 Å². The van der Waals surface area contributed by atoms with E-state index in [4.69, 9.17) is 0 Å². The lowest BCUT2D eigenvalue weighted by Crippen LogP contribution is -2.49. The largest absolute Gasteiger partial charge is 0.342 e. The van der Waals surface area contributed by atoms with Crippen LogP contribution in [0, 0.1) is 0 Å². The van der Waals surface area contributed by atoms with E-state index in [2.05, 4.69) is 0 Å². The minimum Gasteiger partial charge on any atom is -0.342 e.